The maximum atomic E-state index is 9.26. The van der Waals surface area contributed by atoms with Crippen molar-refractivity contribution in [2.24, 2.45) is 7.05 Å². The van der Waals surface area contributed by atoms with Gasteiger partial charge < -0.3 is 5.11 Å². The Morgan fingerprint density at radius 1 is 1.40 bits per heavy atom. The molecule has 1 aromatic carbocycles. The lowest BCUT2D eigenvalue weighted by Gasteiger charge is -2.03. The van der Waals surface area contributed by atoms with Crippen molar-refractivity contribution in [2.75, 3.05) is 0 Å². The second-order valence-electron chi connectivity index (χ2n) is 3.66. The Labute approximate surface area is 89.0 Å². The zero-order chi connectivity index (χ0) is 10.8. The fourth-order valence-corrected chi connectivity index (χ4v) is 1.70. The number of benzene rings is 1. The van der Waals surface area contributed by atoms with E-state index < -0.39 is 0 Å². The van der Waals surface area contributed by atoms with E-state index in [2.05, 4.69) is 24.2 Å². The molecule has 3 heteroatoms. The molecule has 0 aliphatic rings. The summed E-state index contributed by atoms with van der Waals surface area (Å²) >= 11 is 0. The molecule has 78 valence electrons. The largest absolute Gasteiger partial charge is 0.390 e. The molecule has 0 saturated carbocycles. The third-order valence-electron chi connectivity index (χ3n) is 2.54. The van der Waals surface area contributed by atoms with Crippen molar-refractivity contribution in [2.45, 2.75) is 13.5 Å². The van der Waals surface area contributed by atoms with Crippen molar-refractivity contribution in [3.63, 3.8) is 0 Å². The zero-order valence-electron chi connectivity index (χ0n) is 8.94. The van der Waals surface area contributed by atoms with Gasteiger partial charge in [0.1, 0.15) is 0 Å². The summed E-state index contributed by atoms with van der Waals surface area (Å²) in [5, 5.41) is 13.4. The van der Waals surface area contributed by atoms with Crippen molar-refractivity contribution in [3.8, 4) is 11.1 Å². The highest BCUT2D eigenvalue weighted by molar-refractivity contribution is 5.65. The van der Waals surface area contributed by atoms with Crippen molar-refractivity contribution in [3.05, 3.63) is 41.7 Å². The Kier molecular flexibility index (Phi) is 2.56. The van der Waals surface area contributed by atoms with Crippen LogP contribution in [0.3, 0.4) is 0 Å². The van der Waals surface area contributed by atoms with Crippen LogP contribution in [0.25, 0.3) is 11.1 Å². The van der Waals surface area contributed by atoms with E-state index in [9.17, 15) is 5.11 Å². The predicted molar refractivity (Wildman–Crippen MR) is 59.3 cm³/mol. The fraction of sp³-hybridized carbons (Fsp3) is 0.250. The fourth-order valence-electron chi connectivity index (χ4n) is 1.70. The van der Waals surface area contributed by atoms with E-state index in [1.807, 2.05) is 19.2 Å². The van der Waals surface area contributed by atoms with E-state index in [0.29, 0.717) is 0 Å². The maximum absolute atomic E-state index is 9.26. The number of nitrogens with zero attached hydrogens (tertiary/aromatic N) is 2. The number of aromatic nitrogens is 2. The van der Waals surface area contributed by atoms with E-state index in [-0.39, 0.29) is 6.61 Å². The number of hydrogen-bond acceptors (Lipinski definition) is 2. The van der Waals surface area contributed by atoms with Crippen molar-refractivity contribution < 1.29 is 5.11 Å². The van der Waals surface area contributed by atoms with Gasteiger partial charge in [-0.3, -0.25) is 4.68 Å². The van der Waals surface area contributed by atoms with E-state index >= 15 is 0 Å². The summed E-state index contributed by atoms with van der Waals surface area (Å²) in [5.74, 6) is 0. The van der Waals surface area contributed by atoms with E-state index in [4.69, 9.17) is 0 Å². The zero-order valence-corrected chi connectivity index (χ0v) is 8.94. The summed E-state index contributed by atoms with van der Waals surface area (Å²) in [7, 11) is 1.84. The van der Waals surface area contributed by atoms with Crippen LogP contribution in [0.2, 0.25) is 0 Å². The van der Waals surface area contributed by atoms with Gasteiger partial charge in [0.15, 0.2) is 0 Å². The Balaban J connectivity index is 2.54. The van der Waals surface area contributed by atoms with Gasteiger partial charge in [-0.05, 0) is 12.5 Å². The van der Waals surface area contributed by atoms with Gasteiger partial charge in [-0.2, -0.15) is 5.10 Å². The summed E-state index contributed by atoms with van der Waals surface area (Å²) in [4.78, 5) is 0. The number of aryl methyl sites for hydroxylation is 2. The molecule has 0 fully saturated rings. The topological polar surface area (TPSA) is 38.0 Å². The van der Waals surface area contributed by atoms with Crippen LogP contribution in [-0.4, -0.2) is 14.9 Å². The predicted octanol–water partition coefficient (Wildman–Crippen LogP) is 1.89. The summed E-state index contributed by atoms with van der Waals surface area (Å²) in [6, 6.07) is 8.19. The van der Waals surface area contributed by atoms with Gasteiger partial charge in [-0.1, -0.05) is 29.8 Å². The second kappa shape index (κ2) is 3.87. The van der Waals surface area contributed by atoms with Crippen molar-refractivity contribution in [1.29, 1.82) is 0 Å². The van der Waals surface area contributed by atoms with Crippen LogP contribution in [-0.2, 0) is 13.7 Å². The Hall–Kier alpha value is -1.61. The highest BCUT2D eigenvalue weighted by Crippen LogP contribution is 2.23. The lowest BCUT2D eigenvalue weighted by atomic mass is 10.0. The normalized spacial score (nSPS) is 10.6. The molecular weight excluding hydrogens is 188 g/mol. The maximum Gasteiger partial charge on any atom is 0.0856 e. The third kappa shape index (κ3) is 1.78. The van der Waals surface area contributed by atoms with Crippen LogP contribution in [0, 0.1) is 6.92 Å². The lowest BCUT2D eigenvalue weighted by Crippen LogP contribution is -1.98. The molecule has 2 aromatic rings. The van der Waals surface area contributed by atoms with Crippen LogP contribution in [0.1, 0.15) is 11.3 Å². The molecule has 1 N–H and O–H groups in total. The first-order chi connectivity index (χ1) is 7.22. The SMILES string of the molecule is Cc1cccc(-c2cnn(C)c2CO)c1. The molecule has 0 bridgehead atoms. The average molecular weight is 202 g/mol. The minimum absolute atomic E-state index is 0.0137. The van der Waals surface area contributed by atoms with Crippen molar-refractivity contribution in [1.82, 2.24) is 9.78 Å². The monoisotopic (exact) mass is 202 g/mol. The van der Waals surface area contributed by atoms with Crippen LogP contribution in [0.5, 0.6) is 0 Å². The smallest absolute Gasteiger partial charge is 0.0856 e. The van der Waals surface area contributed by atoms with Gasteiger partial charge in [0.25, 0.3) is 0 Å². The van der Waals surface area contributed by atoms with Crippen LogP contribution >= 0.6 is 0 Å². The first-order valence-electron chi connectivity index (χ1n) is 4.91. The van der Waals surface area contributed by atoms with E-state index in [1.165, 1.54) is 5.56 Å². The molecule has 0 saturated heterocycles. The minimum Gasteiger partial charge on any atom is -0.390 e. The van der Waals surface area contributed by atoms with Gasteiger partial charge in [-0.25, -0.2) is 0 Å². The van der Waals surface area contributed by atoms with E-state index in [0.717, 1.165) is 16.8 Å². The van der Waals surface area contributed by atoms with Crippen LogP contribution in [0.15, 0.2) is 30.5 Å². The summed E-state index contributed by atoms with van der Waals surface area (Å²) in [5.41, 5.74) is 4.16. The Morgan fingerprint density at radius 3 is 2.87 bits per heavy atom. The van der Waals surface area contributed by atoms with Gasteiger partial charge >= 0.3 is 0 Å². The molecule has 2 rings (SSSR count). The Morgan fingerprint density at radius 2 is 2.20 bits per heavy atom. The molecule has 0 radical (unpaired) electrons. The molecule has 15 heavy (non-hydrogen) atoms. The molecule has 0 spiro atoms. The standard InChI is InChI=1S/C12H14N2O/c1-9-4-3-5-10(6-9)11-7-13-14(2)12(11)8-15/h3-7,15H,8H2,1-2H3. The number of aliphatic hydroxyl groups is 1. The molecule has 0 unspecified atom stereocenters. The molecule has 3 nitrogen and oxygen atoms in total. The quantitative estimate of drug-likeness (QED) is 0.807. The Bertz CT molecular complexity index is 474. The highest BCUT2D eigenvalue weighted by Gasteiger charge is 2.08. The van der Waals surface area contributed by atoms with Crippen LogP contribution < -0.4 is 0 Å². The molecule has 1 heterocycles. The number of hydrogen-bond donors (Lipinski definition) is 1. The van der Waals surface area contributed by atoms with Gasteiger partial charge in [-0.15, -0.1) is 0 Å². The average Bonchev–Trinajstić information content (AvgIpc) is 2.59. The minimum atomic E-state index is 0.0137. The first kappa shape index (κ1) is 9.93. The lowest BCUT2D eigenvalue weighted by molar-refractivity contribution is 0.271. The number of aliphatic hydroxyl groups excluding tert-OH is 1. The molecule has 1 aromatic heterocycles. The highest BCUT2D eigenvalue weighted by atomic mass is 16.3. The molecule has 0 amide bonds. The number of rotatable bonds is 2. The summed E-state index contributed by atoms with van der Waals surface area (Å²) < 4.78 is 1.71. The van der Waals surface area contributed by atoms with Crippen molar-refractivity contribution >= 4 is 0 Å². The second-order valence-corrected chi connectivity index (χ2v) is 3.66. The third-order valence-corrected chi connectivity index (χ3v) is 2.54. The molecule has 0 atom stereocenters. The van der Waals surface area contributed by atoms with Gasteiger partial charge in [0, 0.05) is 12.6 Å². The molecular formula is C12H14N2O. The van der Waals surface area contributed by atoms with Crippen LogP contribution in [0.4, 0.5) is 0 Å². The summed E-state index contributed by atoms with van der Waals surface area (Å²) in [6.07, 6.45) is 1.79. The van der Waals surface area contributed by atoms with Gasteiger partial charge in [0.2, 0.25) is 0 Å². The van der Waals surface area contributed by atoms with E-state index in [1.54, 1.807) is 10.9 Å². The van der Waals surface area contributed by atoms with Gasteiger partial charge in [0.05, 0.1) is 18.5 Å². The summed E-state index contributed by atoms with van der Waals surface area (Å²) in [6.45, 7) is 2.07. The first-order valence-corrected chi connectivity index (χ1v) is 4.91. The molecule has 0 aliphatic carbocycles. The molecule has 0 aliphatic heterocycles.